The summed E-state index contributed by atoms with van der Waals surface area (Å²) in [5, 5.41) is 10.1. The first kappa shape index (κ1) is 15.6. The lowest BCUT2D eigenvalue weighted by Crippen LogP contribution is -2.47. The average molecular weight is 396 g/mol. The number of nitrogens with zero attached hydrogens (tertiary/aromatic N) is 1. The molecule has 0 saturated carbocycles. The van der Waals surface area contributed by atoms with Gasteiger partial charge in [-0.3, -0.25) is 0 Å². The van der Waals surface area contributed by atoms with Gasteiger partial charge in [-0.1, -0.05) is 11.6 Å². The Kier molecular flexibility index (Phi) is 3.99. The second kappa shape index (κ2) is 5.38. The number of aliphatic hydroxyl groups excluding tert-OH is 1. The van der Waals surface area contributed by atoms with Gasteiger partial charge in [0.25, 0.3) is 0 Å². The maximum atomic E-state index is 13.0. The van der Waals surface area contributed by atoms with Crippen LogP contribution in [0.4, 0.5) is 5.69 Å². The van der Waals surface area contributed by atoms with Crippen molar-refractivity contribution in [3.05, 3.63) is 21.6 Å². The van der Waals surface area contributed by atoms with Crippen LogP contribution in [-0.4, -0.2) is 36.0 Å². The second-order valence-electron chi connectivity index (χ2n) is 5.65. The van der Waals surface area contributed by atoms with Gasteiger partial charge in [-0.2, -0.15) is 4.31 Å². The largest absolute Gasteiger partial charge is 0.398 e. The molecule has 8 heteroatoms. The number of rotatable bonds is 2. The molecule has 2 saturated heterocycles. The number of anilines is 1. The summed E-state index contributed by atoms with van der Waals surface area (Å²) in [6.07, 6.45) is 2.14. The lowest BCUT2D eigenvalue weighted by atomic mass is 10.0. The fourth-order valence-corrected chi connectivity index (χ4v) is 6.53. The van der Waals surface area contributed by atoms with Crippen molar-refractivity contribution >= 4 is 43.2 Å². The highest BCUT2D eigenvalue weighted by Crippen LogP contribution is 2.42. The van der Waals surface area contributed by atoms with Crippen molar-refractivity contribution in [3.8, 4) is 0 Å². The molecule has 2 aliphatic heterocycles. The van der Waals surface area contributed by atoms with Gasteiger partial charge in [0.1, 0.15) is 0 Å². The molecule has 3 rings (SSSR count). The molecule has 2 fully saturated rings. The van der Waals surface area contributed by atoms with Crippen molar-refractivity contribution in [2.24, 2.45) is 0 Å². The maximum Gasteiger partial charge on any atom is 0.244 e. The minimum absolute atomic E-state index is 0.0980. The van der Waals surface area contributed by atoms with Crippen molar-refractivity contribution < 1.29 is 13.5 Å². The molecular formula is C13H16BrClN2O3S. The zero-order valence-corrected chi connectivity index (χ0v) is 14.3. The smallest absolute Gasteiger partial charge is 0.244 e. The number of halogens is 2. The first-order valence-corrected chi connectivity index (χ1v) is 9.38. The summed E-state index contributed by atoms with van der Waals surface area (Å²) in [4.78, 5) is 0.0980. The van der Waals surface area contributed by atoms with Crippen LogP contribution in [0.2, 0.25) is 5.02 Å². The quantitative estimate of drug-likeness (QED) is 0.753. The minimum Gasteiger partial charge on any atom is -0.398 e. The van der Waals surface area contributed by atoms with Gasteiger partial charge in [-0.15, -0.1) is 0 Å². The van der Waals surface area contributed by atoms with Crippen LogP contribution in [0.25, 0.3) is 0 Å². The third-order valence-corrected chi connectivity index (χ3v) is 7.62. The summed E-state index contributed by atoms with van der Waals surface area (Å²) < 4.78 is 27.8. The van der Waals surface area contributed by atoms with Crippen LogP contribution in [0, 0.1) is 0 Å². The molecule has 5 nitrogen and oxygen atoms in total. The van der Waals surface area contributed by atoms with E-state index in [9.17, 15) is 13.5 Å². The van der Waals surface area contributed by atoms with Crippen molar-refractivity contribution in [2.45, 2.75) is 48.8 Å². The van der Waals surface area contributed by atoms with E-state index in [1.807, 2.05) is 0 Å². The summed E-state index contributed by atoms with van der Waals surface area (Å²) in [6, 6.07) is 2.65. The van der Waals surface area contributed by atoms with Gasteiger partial charge in [-0.25, -0.2) is 8.42 Å². The summed E-state index contributed by atoms with van der Waals surface area (Å²) in [5.41, 5.74) is 6.10. The Bertz CT molecular complexity index is 668. The zero-order chi connectivity index (χ0) is 15.4. The molecule has 116 valence electrons. The normalized spacial score (nSPS) is 29.8. The molecule has 0 spiro atoms. The van der Waals surface area contributed by atoms with Gasteiger partial charge in [0, 0.05) is 22.8 Å². The molecule has 2 bridgehead atoms. The topological polar surface area (TPSA) is 83.6 Å². The van der Waals surface area contributed by atoms with Crippen LogP contribution >= 0.6 is 27.5 Å². The third-order valence-electron chi connectivity index (χ3n) is 4.23. The van der Waals surface area contributed by atoms with Crippen LogP contribution in [0.5, 0.6) is 0 Å². The summed E-state index contributed by atoms with van der Waals surface area (Å²) in [6.45, 7) is 0. The van der Waals surface area contributed by atoms with Gasteiger partial charge in [-0.05, 0) is 53.7 Å². The molecule has 2 unspecified atom stereocenters. The van der Waals surface area contributed by atoms with Gasteiger partial charge < -0.3 is 10.8 Å². The molecule has 0 amide bonds. The van der Waals surface area contributed by atoms with E-state index in [1.165, 1.54) is 16.4 Å². The Hall–Kier alpha value is -0.340. The van der Waals surface area contributed by atoms with Crippen LogP contribution < -0.4 is 5.73 Å². The summed E-state index contributed by atoms with van der Waals surface area (Å²) >= 11 is 9.20. The van der Waals surface area contributed by atoms with Crippen molar-refractivity contribution in [3.63, 3.8) is 0 Å². The maximum absolute atomic E-state index is 13.0. The third kappa shape index (κ3) is 2.59. The molecular weight excluding hydrogens is 380 g/mol. The number of fused-ring (bicyclic) bond motifs is 2. The van der Waals surface area contributed by atoms with Crippen molar-refractivity contribution in [2.75, 3.05) is 5.73 Å². The summed E-state index contributed by atoms with van der Waals surface area (Å²) in [7, 11) is -3.69. The van der Waals surface area contributed by atoms with Crippen LogP contribution in [0.15, 0.2) is 21.5 Å². The molecule has 2 atom stereocenters. The first-order chi connectivity index (χ1) is 9.80. The van der Waals surface area contributed by atoms with E-state index in [0.717, 1.165) is 12.8 Å². The number of hydrogen-bond acceptors (Lipinski definition) is 4. The molecule has 0 aliphatic carbocycles. The van der Waals surface area contributed by atoms with Crippen molar-refractivity contribution in [1.29, 1.82) is 0 Å². The van der Waals surface area contributed by atoms with Gasteiger partial charge >= 0.3 is 0 Å². The predicted molar refractivity (Wildman–Crippen MR) is 84.6 cm³/mol. The molecule has 2 heterocycles. The zero-order valence-electron chi connectivity index (χ0n) is 11.2. The lowest BCUT2D eigenvalue weighted by molar-refractivity contribution is 0.0768. The lowest BCUT2D eigenvalue weighted by Gasteiger charge is -2.36. The Morgan fingerprint density at radius 1 is 1.29 bits per heavy atom. The molecule has 1 aromatic carbocycles. The Morgan fingerprint density at radius 3 is 2.43 bits per heavy atom. The van der Waals surface area contributed by atoms with Crippen molar-refractivity contribution in [1.82, 2.24) is 4.31 Å². The number of piperidine rings is 1. The van der Waals surface area contributed by atoms with Gasteiger partial charge in [0.2, 0.25) is 10.0 Å². The van der Waals surface area contributed by atoms with E-state index >= 15 is 0 Å². The van der Waals surface area contributed by atoms with Crippen LogP contribution in [0.3, 0.4) is 0 Å². The standard InChI is InChI=1S/C13H16BrClN2O3S/c14-13-11(16)3-7(15)4-12(13)21(19,20)17-8-1-2-9(17)6-10(18)5-8/h3-4,8-10,18H,1-2,5-6,16H2. The minimum atomic E-state index is -3.69. The van der Waals surface area contributed by atoms with E-state index in [-0.39, 0.29) is 17.0 Å². The molecule has 0 aromatic heterocycles. The Balaban J connectivity index is 2.06. The fourth-order valence-electron chi connectivity index (χ4n) is 3.38. The number of sulfonamides is 1. The monoisotopic (exact) mass is 394 g/mol. The molecule has 3 N–H and O–H groups in total. The van der Waals surface area contributed by atoms with E-state index < -0.39 is 16.1 Å². The molecule has 2 aliphatic rings. The number of benzene rings is 1. The van der Waals surface area contributed by atoms with E-state index in [2.05, 4.69) is 15.9 Å². The van der Waals surface area contributed by atoms with E-state index in [0.29, 0.717) is 28.0 Å². The first-order valence-electron chi connectivity index (χ1n) is 6.77. The second-order valence-corrected chi connectivity index (χ2v) is 8.69. The van der Waals surface area contributed by atoms with E-state index in [1.54, 1.807) is 0 Å². The number of nitrogen functional groups attached to an aromatic ring is 1. The average Bonchev–Trinajstić information content (AvgIpc) is 2.67. The fraction of sp³-hybridized carbons (Fsp3) is 0.538. The highest BCUT2D eigenvalue weighted by molar-refractivity contribution is 9.10. The SMILES string of the molecule is Nc1cc(Cl)cc(S(=O)(=O)N2C3CCC2CC(O)C3)c1Br. The number of hydrogen-bond donors (Lipinski definition) is 2. The molecule has 0 radical (unpaired) electrons. The number of nitrogens with two attached hydrogens (primary N) is 1. The van der Waals surface area contributed by atoms with Crippen LogP contribution in [-0.2, 0) is 10.0 Å². The summed E-state index contributed by atoms with van der Waals surface area (Å²) in [5.74, 6) is 0. The highest BCUT2D eigenvalue weighted by atomic mass is 79.9. The highest BCUT2D eigenvalue weighted by Gasteiger charge is 2.47. The number of aliphatic hydroxyl groups is 1. The van der Waals surface area contributed by atoms with Gasteiger partial charge in [0.05, 0.1) is 15.5 Å². The van der Waals surface area contributed by atoms with E-state index in [4.69, 9.17) is 17.3 Å². The molecule has 1 aromatic rings. The van der Waals surface area contributed by atoms with Gasteiger partial charge in [0.15, 0.2) is 0 Å². The predicted octanol–water partition coefficient (Wildman–Crippen LogP) is 2.36. The molecule has 21 heavy (non-hydrogen) atoms. The Labute approximate surface area is 137 Å². The Morgan fingerprint density at radius 2 is 1.86 bits per heavy atom. The van der Waals surface area contributed by atoms with Crippen LogP contribution in [0.1, 0.15) is 25.7 Å².